The van der Waals surface area contributed by atoms with Crippen molar-refractivity contribution >= 4 is 21.6 Å². The zero-order valence-corrected chi connectivity index (χ0v) is 21.8. The molecule has 1 atom stereocenters. The lowest BCUT2D eigenvalue weighted by Crippen LogP contribution is -1.92. The summed E-state index contributed by atoms with van der Waals surface area (Å²) in [5.41, 5.74) is 1.81. The molecular formula is C26H54ClP. The SMILES string of the molecule is CCCCCCCCC(P)=C(CCCCCCCC)CCCCCCCC.Cl. The lowest BCUT2D eigenvalue weighted by molar-refractivity contribution is 0.578. The van der Waals surface area contributed by atoms with E-state index in [0.717, 1.165) is 0 Å². The second-order valence-electron chi connectivity index (χ2n) is 8.68. The van der Waals surface area contributed by atoms with Gasteiger partial charge in [-0.1, -0.05) is 128 Å². The minimum atomic E-state index is 0. The summed E-state index contributed by atoms with van der Waals surface area (Å²) in [6.45, 7) is 6.93. The Hall–Kier alpha value is 0.460. The van der Waals surface area contributed by atoms with Crippen LogP contribution in [0.15, 0.2) is 10.9 Å². The molecule has 0 saturated carbocycles. The number of hydrogen-bond acceptors (Lipinski definition) is 0. The molecule has 0 bridgehead atoms. The maximum absolute atomic E-state index is 3.14. The summed E-state index contributed by atoms with van der Waals surface area (Å²) in [6, 6.07) is 0. The number of unbranched alkanes of at least 4 members (excludes halogenated alkanes) is 15. The molecule has 170 valence electrons. The molecule has 0 aromatic rings. The first-order chi connectivity index (χ1) is 13.3. The van der Waals surface area contributed by atoms with Crippen LogP contribution in [-0.2, 0) is 0 Å². The first-order valence-electron chi connectivity index (χ1n) is 12.7. The van der Waals surface area contributed by atoms with E-state index in [1.165, 1.54) is 135 Å². The zero-order chi connectivity index (χ0) is 20.0. The van der Waals surface area contributed by atoms with Crippen molar-refractivity contribution in [3.8, 4) is 0 Å². The van der Waals surface area contributed by atoms with Crippen LogP contribution in [0.5, 0.6) is 0 Å². The van der Waals surface area contributed by atoms with Crippen LogP contribution in [0.3, 0.4) is 0 Å². The van der Waals surface area contributed by atoms with Gasteiger partial charge in [0, 0.05) is 0 Å². The molecule has 2 heteroatoms. The Kier molecular flexibility index (Phi) is 27.9. The lowest BCUT2D eigenvalue weighted by Gasteiger charge is -2.13. The summed E-state index contributed by atoms with van der Waals surface area (Å²) in [5.74, 6) is 0. The Morgan fingerprint density at radius 2 is 0.714 bits per heavy atom. The average molecular weight is 433 g/mol. The molecule has 0 saturated heterocycles. The van der Waals surface area contributed by atoms with Crippen molar-refractivity contribution in [1.29, 1.82) is 0 Å². The Labute approximate surface area is 188 Å². The van der Waals surface area contributed by atoms with E-state index in [2.05, 4.69) is 30.0 Å². The van der Waals surface area contributed by atoms with Crippen LogP contribution in [0.2, 0.25) is 0 Å². The highest BCUT2D eigenvalue weighted by Crippen LogP contribution is 2.28. The molecule has 0 aromatic heterocycles. The van der Waals surface area contributed by atoms with Gasteiger partial charge in [0.25, 0.3) is 0 Å². The number of rotatable bonds is 21. The van der Waals surface area contributed by atoms with E-state index in [9.17, 15) is 0 Å². The third-order valence-electron chi connectivity index (χ3n) is 5.92. The van der Waals surface area contributed by atoms with Crippen molar-refractivity contribution in [2.24, 2.45) is 0 Å². The first-order valence-corrected chi connectivity index (χ1v) is 13.3. The van der Waals surface area contributed by atoms with Gasteiger partial charge in [-0.25, -0.2) is 0 Å². The van der Waals surface area contributed by atoms with Gasteiger partial charge < -0.3 is 0 Å². The third kappa shape index (κ3) is 21.2. The molecule has 0 aromatic carbocycles. The highest BCUT2D eigenvalue weighted by Gasteiger charge is 2.05. The van der Waals surface area contributed by atoms with Crippen molar-refractivity contribution in [3.05, 3.63) is 10.9 Å². The van der Waals surface area contributed by atoms with Crippen LogP contribution in [0.25, 0.3) is 0 Å². The summed E-state index contributed by atoms with van der Waals surface area (Å²) in [7, 11) is 3.14. The Morgan fingerprint density at radius 3 is 1.07 bits per heavy atom. The second-order valence-corrected chi connectivity index (χ2v) is 9.38. The van der Waals surface area contributed by atoms with Gasteiger partial charge in [-0.15, -0.1) is 21.6 Å². The predicted octanol–water partition coefficient (Wildman–Crippen LogP) is 10.8. The topological polar surface area (TPSA) is 0 Å². The van der Waals surface area contributed by atoms with Crippen LogP contribution in [0.4, 0.5) is 0 Å². The van der Waals surface area contributed by atoms with Gasteiger partial charge in [0.05, 0.1) is 0 Å². The summed E-state index contributed by atoms with van der Waals surface area (Å²) in [6.07, 6.45) is 29.6. The van der Waals surface area contributed by atoms with Crippen molar-refractivity contribution < 1.29 is 0 Å². The first kappa shape index (κ1) is 30.7. The van der Waals surface area contributed by atoms with Gasteiger partial charge >= 0.3 is 0 Å². The van der Waals surface area contributed by atoms with Gasteiger partial charge in [0.15, 0.2) is 0 Å². The largest absolute Gasteiger partial charge is 0.147 e. The van der Waals surface area contributed by atoms with Crippen LogP contribution in [0, 0.1) is 0 Å². The molecule has 0 amide bonds. The Morgan fingerprint density at radius 1 is 0.429 bits per heavy atom. The summed E-state index contributed by atoms with van der Waals surface area (Å²) >= 11 is 0. The standard InChI is InChI=1S/C26H53P.ClH/c1-4-7-10-13-16-19-22-25(23-20-17-14-11-8-5-2)26(27)24-21-18-15-12-9-6-3;/h4-24,27H2,1-3H3;1H. The molecule has 0 fully saturated rings. The van der Waals surface area contributed by atoms with Crippen LogP contribution < -0.4 is 0 Å². The molecule has 0 spiro atoms. The fourth-order valence-corrected chi connectivity index (χ4v) is 4.45. The van der Waals surface area contributed by atoms with Gasteiger partial charge in [-0.3, -0.25) is 0 Å². The summed E-state index contributed by atoms with van der Waals surface area (Å²) in [4.78, 5) is 0. The van der Waals surface area contributed by atoms with Crippen molar-refractivity contribution in [3.63, 3.8) is 0 Å². The Bertz CT molecular complexity index is 306. The van der Waals surface area contributed by atoms with Crippen molar-refractivity contribution in [2.45, 2.75) is 156 Å². The zero-order valence-electron chi connectivity index (χ0n) is 19.8. The second kappa shape index (κ2) is 25.5. The predicted molar refractivity (Wildman–Crippen MR) is 138 cm³/mol. The molecule has 0 N–H and O–H groups in total. The van der Waals surface area contributed by atoms with E-state index in [0.29, 0.717) is 0 Å². The fraction of sp³-hybridized carbons (Fsp3) is 0.923. The molecule has 28 heavy (non-hydrogen) atoms. The van der Waals surface area contributed by atoms with E-state index >= 15 is 0 Å². The smallest absolute Gasteiger partial charge is 0.0280 e. The van der Waals surface area contributed by atoms with Gasteiger partial charge in [0.2, 0.25) is 0 Å². The molecular weight excluding hydrogens is 379 g/mol. The van der Waals surface area contributed by atoms with Crippen molar-refractivity contribution in [2.75, 3.05) is 0 Å². The molecule has 1 unspecified atom stereocenters. The van der Waals surface area contributed by atoms with Gasteiger partial charge in [0.1, 0.15) is 0 Å². The molecule has 0 aliphatic carbocycles. The maximum atomic E-state index is 3.14. The van der Waals surface area contributed by atoms with E-state index in [1.807, 2.05) is 0 Å². The van der Waals surface area contributed by atoms with Gasteiger partial charge in [-0.2, -0.15) is 0 Å². The molecule has 0 nitrogen and oxygen atoms in total. The van der Waals surface area contributed by atoms with E-state index in [1.54, 1.807) is 10.9 Å². The molecule has 0 radical (unpaired) electrons. The quantitative estimate of drug-likeness (QED) is 0.125. The van der Waals surface area contributed by atoms with E-state index < -0.39 is 0 Å². The highest BCUT2D eigenvalue weighted by atomic mass is 35.5. The lowest BCUT2D eigenvalue weighted by atomic mass is 9.97. The molecule has 0 heterocycles. The average Bonchev–Trinajstić information content (AvgIpc) is 2.68. The number of halogens is 1. The maximum Gasteiger partial charge on any atom is -0.0280 e. The third-order valence-corrected chi connectivity index (χ3v) is 6.61. The Balaban J connectivity index is 0. The molecule has 0 rings (SSSR count). The number of hydrogen-bond donors (Lipinski definition) is 0. The van der Waals surface area contributed by atoms with Crippen LogP contribution in [-0.4, -0.2) is 0 Å². The van der Waals surface area contributed by atoms with Crippen LogP contribution in [0.1, 0.15) is 156 Å². The molecule has 0 aliphatic heterocycles. The minimum absolute atomic E-state index is 0. The normalized spacial score (nSPS) is 10.7. The van der Waals surface area contributed by atoms with Gasteiger partial charge in [-0.05, 0) is 38.5 Å². The monoisotopic (exact) mass is 432 g/mol. The summed E-state index contributed by atoms with van der Waals surface area (Å²) < 4.78 is 0. The molecule has 0 aliphatic rings. The van der Waals surface area contributed by atoms with Crippen LogP contribution >= 0.6 is 21.6 Å². The summed E-state index contributed by atoms with van der Waals surface area (Å²) in [5, 5.41) is 1.67. The fourth-order valence-electron chi connectivity index (χ4n) is 3.96. The van der Waals surface area contributed by atoms with E-state index in [4.69, 9.17) is 0 Å². The highest BCUT2D eigenvalue weighted by molar-refractivity contribution is 7.22. The minimum Gasteiger partial charge on any atom is -0.147 e. The van der Waals surface area contributed by atoms with Crippen molar-refractivity contribution in [1.82, 2.24) is 0 Å². The van der Waals surface area contributed by atoms with E-state index in [-0.39, 0.29) is 12.4 Å². The number of allylic oxidation sites excluding steroid dienone is 2.